The number of methoxy groups -OCH3 is 2. The first kappa shape index (κ1) is 17.2. The van der Waals surface area contributed by atoms with Crippen molar-refractivity contribution < 1.29 is 19.5 Å². The maximum Gasteiger partial charge on any atom is 0.222 e. The zero-order valence-electron chi connectivity index (χ0n) is 13.6. The smallest absolute Gasteiger partial charge is 0.222 e. The van der Waals surface area contributed by atoms with Gasteiger partial charge in [-0.3, -0.25) is 0 Å². The van der Waals surface area contributed by atoms with E-state index >= 15 is 0 Å². The van der Waals surface area contributed by atoms with E-state index in [4.69, 9.17) is 9.47 Å². The zero-order chi connectivity index (χ0) is 17.7. The van der Waals surface area contributed by atoms with Crippen molar-refractivity contribution in [3.05, 3.63) is 75.7 Å². The van der Waals surface area contributed by atoms with Crippen LogP contribution in [0.1, 0.15) is 11.1 Å². The molecule has 0 saturated carbocycles. The highest BCUT2D eigenvalue weighted by Crippen LogP contribution is 2.32. The molecule has 1 aromatic carbocycles. The molecule has 24 heavy (non-hydrogen) atoms. The lowest BCUT2D eigenvalue weighted by molar-refractivity contribution is -0.377. The molecule has 6 heteroatoms. The fraction of sp³-hybridized carbons (Fsp3) is 0.167. The second-order valence-electron chi connectivity index (χ2n) is 5.09. The normalized spacial score (nSPS) is 13.9. The molecule has 0 heterocycles. The van der Waals surface area contributed by atoms with Crippen molar-refractivity contribution in [2.45, 2.75) is 6.92 Å². The van der Waals surface area contributed by atoms with Gasteiger partial charge in [-0.1, -0.05) is 6.08 Å². The third kappa shape index (κ3) is 3.78. The average molecular weight is 328 g/mol. The van der Waals surface area contributed by atoms with Crippen LogP contribution in [0.3, 0.4) is 0 Å². The molecule has 0 spiro atoms. The van der Waals surface area contributed by atoms with E-state index in [1.807, 2.05) is 6.92 Å². The van der Waals surface area contributed by atoms with Crippen molar-refractivity contribution >= 4 is 11.5 Å². The van der Waals surface area contributed by atoms with Crippen LogP contribution in [0.25, 0.3) is 5.76 Å². The summed E-state index contributed by atoms with van der Waals surface area (Å²) in [5.74, 6) is 1.17. The minimum atomic E-state index is -0.456. The first-order valence-corrected chi connectivity index (χ1v) is 7.17. The highest BCUT2D eigenvalue weighted by Gasteiger charge is 2.13. The zero-order valence-corrected chi connectivity index (χ0v) is 13.6. The minimum absolute atomic E-state index is 0.0213. The predicted octanol–water partition coefficient (Wildman–Crippen LogP) is 3.41. The third-order valence-corrected chi connectivity index (χ3v) is 3.52. The van der Waals surface area contributed by atoms with E-state index in [9.17, 15) is 15.5 Å². The minimum Gasteiger partial charge on any atom is -0.612 e. The highest BCUT2D eigenvalue weighted by atomic mass is 16.8. The molecule has 6 nitrogen and oxygen atoms in total. The number of hydrogen-bond acceptors (Lipinski definition) is 5. The molecule has 1 aliphatic carbocycles. The molecule has 0 bridgehead atoms. The van der Waals surface area contributed by atoms with Crippen LogP contribution in [0.4, 0.5) is 0 Å². The van der Waals surface area contributed by atoms with Gasteiger partial charge in [0.25, 0.3) is 0 Å². The number of nitrogens with zero attached hydrogens (tertiary/aromatic N) is 1. The molecule has 0 unspecified atom stereocenters. The van der Waals surface area contributed by atoms with Gasteiger partial charge in [0.05, 0.1) is 19.8 Å². The van der Waals surface area contributed by atoms with Crippen molar-refractivity contribution in [1.82, 2.24) is 0 Å². The highest BCUT2D eigenvalue weighted by molar-refractivity contribution is 6.02. The Morgan fingerprint density at radius 3 is 2.29 bits per heavy atom. The molecule has 0 aliphatic heterocycles. The number of aliphatic hydroxyl groups is 1. The summed E-state index contributed by atoms with van der Waals surface area (Å²) in [4.78, 5) is -0.456. The lowest BCUT2D eigenvalue weighted by atomic mass is 10.0. The van der Waals surface area contributed by atoms with Crippen LogP contribution in [0.15, 0.2) is 54.2 Å². The molecule has 0 aromatic heterocycles. The van der Waals surface area contributed by atoms with Crippen molar-refractivity contribution in [2.24, 2.45) is 0 Å². The Kier molecular flexibility index (Phi) is 5.31. The van der Waals surface area contributed by atoms with E-state index in [1.165, 1.54) is 25.3 Å². The Morgan fingerprint density at radius 1 is 1.08 bits per heavy atom. The number of benzene rings is 1. The Balaban J connectivity index is 2.33. The van der Waals surface area contributed by atoms with E-state index in [-0.39, 0.29) is 11.5 Å². The summed E-state index contributed by atoms with van der Waals surface area (Å²) in [5, 5.41) is 31.7. The lowest BCUT2D eigenvalue weighted by Crippen LogP contribution is -2.06. The summed E-state index contributed by atoms with van der Waals surface area (Å²) in [6.07, 6.45) is 9.24. The molecule has 1 N–H and O–H groups in total. The van der Waals surface area contributed by atoms with Crippen LogP contribution in [-0.4, -0.2) is 29.9 Å². The van der Waals surface area contributed by atoms with E-state index in [1.54, 1.807) is 37.5 Å². The van der Waals surface area contributed by atoms with E-state index in [0.717, 1.165) is 11.1 Å². The van der Waals surface area contributed by atoms with Crippen molar-refractivity contribution in [1.29, 1.82) is 0 Å². The van der Waals surface area contributed by atoms with Gasteiger partial charge in [-0.15, -0.1) is 0 Å². The quantitative estimate of drug-likeness (QED) is 0.520. The van der Waals surface area contributed by atoms with E-state index in [2.05, 4.69) is 0 Å². The van der Waals surface area contributed by atoms with Gasteiger partial charge in [-0.05, 0) is 42.4 Å². The van der Waals surface area contributed by atoms with E-state index in [0.29, 0.717) is 17.1 Å². The Labute approximate surface area is 140 Å². The average Bonchev–Trinajstić information content (AvgIpc) is 2.59. The van der Waals surface area contributed by atoms with E-state index < -0.39 is 4.90 Å². The SMILES string of the molecule is COc1cc(C)c(C(O)=CC=C2C=CC(=[N+]([O-])[O-])C=C2)c(OC)c1. The summed E-state index contributed by atoms with van der Waals surface area (Å²) in [7, 11) is 3.08. The number of hydrogen-bond donors (Lipinski definition) is 1. The van der Waals surface area contributed by atoms with Gasteiger partial charge < -0.3 is 25.0 Å². The topological polar surface area (TPSA) is 87.8 Å². The molecule has 0 atom stereocenters. The first-order valence-electron chi connectivity index (χ1n) is 7.17. The van der Waals surface area contributed by atoms with Gasteiger partial charge >= 0.3 is 0 Å². The molecule has 0 radical (unpaired) electrons. The number of aryl methyl sites for hydroxylation is 1. The summed E-state index contributed by atoms with van der Waals surface area (Å²) in [5.41, 5.74) is 2.12. The monoisotopic (exact) mass is 328 g/mol. The fourth-order valence-electron chi connectivity index (χ4n) is 2.30. The van der Waals surface area contributed by atoms with Gasteiger partial charge in [0.2, 0.25) is 5.71 Å². The van der Waals surface area contributed by atoms with Gasteiger partial charge in [-0.25, -0.2) is 0 Å². The van der Waals surface area contributed by atoms with Crippen LogP contribution in [0, 0.1) is 17.3 Å². The molecule has 1 aliphatic rings. The fourth-order valence-corrected chi connectivity index (χ4v) is 2.30. The van der Waals surface area contributed by atoms with Gasteiger partial charge in [-0.2, -0.15) is 4.90 Å². The summed E-state index contributed by atoms with van der Waals surface area (Å²) < 4.78 is 10.5. The summed E-state index contributed by atoms with van der Waals surface area (Å²) >= 11 is 0. The van der Waals surface area contributed by atoms with Crippen LogP contribution in [0.5, 0.6) is 11.5 Å². The van der Waals surface area contributed by atoms with Crippen molar-refractivity contribution in [3.63, 3.8) is 0 Å². The molecule has 126 valence electrons. The largest absolute Gasteiger partial charge is 0.612 e. The van der Waals surface area contributed by atoms with Crippen molar-refractivity contribution in [2.75, 3.05) is 14.2 Å². The van der Waals surface area contributed by atoms with Gasteiger partial charge in [0, 0.05) is 18.2 Å². The first-order chi connectivity index (χ1) is 11.5. The molecule has 0 saturated heterocycles. The maximum absolute atomic E-state index is 10.6. The Hall–Kier alpha value is -3.15. The van der Waals surface area contributed by atoms with Crippen LogP contribution in [-0.2, 0) is 0 Å². The molecule has 0 amide bonds. The molecule has 2 rings (SSSR count). The number of allylic oxidation sites excluding steroid dienone is 7. The predicted molar refractivity (Wildman–Crippen MR) is 93.3 cm³/mol. The second-order valence-corrected chi connectivity index (χ2v) is 5.09. The molecular formula is C18H18NO5-. The Bertz CT molecular complexity index is 763. The number of ether oxygens (including phenoxy) is 2. The lowest BCUT2D eigenvalue weighted by Gasteiger charge is -2.13. The van der Waals surface area contributed by atoms with Gasteiger partial charge in [0.15, 0.2) is 0 Å². The van der Waals surface area contributed by atoms with Gasteiger partial charge in [0.1, 0.15) is 17.3 Å². The number of rotatable bonds is 4. The molecule has 0 fully saturated rings. The summed E-state index contributed by atoms with van der Waals surface area (Å²) in [6, 6.07) is 3.49. The standard InChI is InChI=1S/C18H18NO5/c1-12-10-15(23-2)11-17(24-3)18(12)16(20)9-6-13-4-7-14(8-5-13)19(21)22/h4-11H,1-3H3,(H-,20,21,22)/q-1. The van der Waals surface area contributed by atoms with Crippen LogP contribution in [0.2, 0.25) is 0 Å². The summed E-state index contributed by atoms with van der Waals surface area (Å²) in [6.45, 7) is 1.84. The maximum atomic E-state index is 10.6. The molecule has 1 aromatic rings. The second kappa shape index (κ2) is 7.41. The van der Waals surface area contributed by atoms with Crippen LogP contribution >= 0.6 is 0 Å². The number of aliphatic hydroxyl groups excluding tert-OH is 1. The van der Waals surface area contributed by atoms with Crippen LogP contribution < -0.4 is 9.47 Å². The molecular weight excluding hydrogens is 310 g/mol. The third-order valence-electron chi connectivity index (χ3n) is 3.52. The Morgan fingerprint density at radius 2 is 1.75 bits per heavy atom. The van der Waals surface area contributed by atoms with Crippen molar-refractivity contribution in [3.8, 4) is 11.5 Å².